The molecule has 0 saturated carbocycles. The highest BCUT2D eigenvalue weighted by atomic mass is 17.5. The molecule has 0 bridgehead atoms. The highest BCUT2D eigenvalue weighted by molar-refractivity contribution is 4.46. The molecule has 0 aliphatic carbocycles. The second-order valence-electron chi connectivity index (χ2n) is 1.47. The summed E-state index contributed by atoms with van der Waals surface area (Å²) in [5.74, 6) is -2.17. The Morgan fingerprint density at radius 2 is 2.12 bits per heavy atom. The van der Waals surface area contributed by atoms with Crippen LogP contribution in [-0.2, 0) is 14.8 Å². The highest BCUT2D eigenvalue weighted by Gasteiger charge is 2.29. The third kappa shape index (κ3) is 1.39. The van der Waals surface area contributed by atoms with Gasteiger partial charge in [-0.3, -0.25) is 0 Å². The highest BCUT2D eigenvalue weighted by Crippen LogP contribution is 2.13. The maximum absolute atomic E-state index is 8.50. The fourth-order valence-electron chi connectivity index (χ4n) is 0.329. The second kappa shape index (κ2) is 1.96. The number of hydrogen-bond donors (Lipinski definition) is 2. The van der Waals surface area contributed by atoms with E-state index in [1.165, 1.54) is 0 Å². The molecule has 5 heteroatoms. The molecule has 0 atom stereocenters. The molecule has 48 valence electrons. The first-order chi connectivity index (χ1) is 3.71. The van der Waals surface area contributed by atoms with Crippen LogP contribution in [0.1, 0.15) is 6.42 Å². The molecule has 0 aromatic rings. The largest absolute Gasteiger partial charge is 0.341 e. The van der Waals surface area contributed by atoms with Crippen LogP contribution in [0.5, 0.6) is 0 Å². The van der Waals surface area contributed by atoms with Crippen molar-refractivity contribution in [1.29, 1.82) is 0 Å². The lowest BCUT2D eigenvalue weighted by molar-refractivity contribution is -0.630. The van der Waals surface area contributed by atoms with E-state index in [2.05, 4.69) is 14.8 Å². The molecule has 1 saturated heterocycles. The van der Waals surface area contributed by atoms with E-state index < -0.39 is 5.97 Å². The molecule has 5 nitrogen and oxygen atoms in total. The van der Waals surface area contributed by atoms with Crippen LogP contribution in [0.25, 0.3) is 0 Å². The van der Waals surface area contributed by atoms with Gasteiger partial charge >= 0.3 is 5.97 Å². The zero-order chi connectivity index (χ0) is 6.04. The van der Waals surface area contributed by atoms with Gasteiger partial charge in [0.1, 0.15) is 0 Å². The average Bonchev–Trinajstić information content (AvgIpc) is 1.65. The van der Waals surface area contributed by atoms with Crippen LogP contribution in [0.15, 0.2) is 0 Å². The third-order valence-electron chi connectivity index (χ3n) is 0.727. The van der Waals surface area contributed by atoms with Crippen LogP contribution < -0.4 is 0 Å². The van der Waals surface area contributed by atoms with Gasteiger partial charge in [0.2, 0.25) is 0 Å². The predicted octanol–water partition coefficient (Wildman–Crippen LogP) is -1.09. The van der Waals surface area contributed by atoms with Crippen LogP contribution in [0.2, 0.25) is 0 Å². The summed E-state index contributed by atoms with van der Waals surface area (Å²) < 4.78 is 0. The van der Waals surface area contributed by atoms with Crippen LogP contribution in [-0.4, -0.2) is 22.8 Å². The van der Waals surface area contributed by atoms with Gasteiger partial charge in [-0.15, -0.1) is 4.89 Å². The van der Waals surface area contributed by atoms with E-state index in [0.29, 0.717) is 0 Å². The van der Waals surface area contributed by atoms with E-state index in [1.807, 2.05) is 0 Å². The molecule has 1 fully saturated rings. The number of hydrogen-bond acceptors (Lipinski definition) is 5. The lowest BCUT2D eigenvalue weighted by atomic mass is 10.4. The molecule has 0 aromatic carbocycles. The van der Waals surface area contributed by atoms with Gasteiger partial charge in [0, 0.05) is 0 Å². The summed E-state index contributed by atoms with van der Waals surface area (Å²) in [5, 5.41) is 20.8. The predicted molar refractivity (Wildman–Crippen MR) is 19.9 cm³/mol. The quantitative estimate of drug-likeness (QED) is 0.315. The first kappa shape index (κ1) is 5.93. The summed E-state index contributed by atoms with van der Waals surface area (Å²) in [4.78, 5) is 8.02. The van der Waals surface area contributed by atoms with E-state index in [4.69, 9.17) is 10.2 Å². The molecule has 0 unspecified atom stereocenters. The van der Waals surface area contributed by atoms with Crippen LogP contribution >= 0.6 is 0 Å². The van der Waals surface area contributed by atoms with Gasteiger partial charge in [-0.1, -0.05) is 5.04 Å². The molecule has 0 radical (unpaired) electrons. The molecule has 8 heavy (non-hydrogen) atoms. The van der Waals surface area contributed by atoms with E-state index in [1.54, 1.807) is 0 Å². The Bertz CT molecular complexity index is 71.7. The number of aliphatic hydroxyl groups is 2. The SMILES string of the molecule is OC1(O)CCOOO1. The first-order valence-electron chi connectivity index (χ1n) is 2.13. The third-order valence-corrected chi connectivity index (χ3v) is 0.727. The number of rotatable bonds is 0. The Morgan fingerprint density at radius 1 is 1.38 bits per heavy atom. The van der Waals surface area contributed by atoms with Crippen molar-refractivity contribution < 1.29 is 25.0 Å². The Labute approximate surface area is 45.3 Å². The standard InChI is InChI=1S/C3H6O5/c4-3(5)1-2-6-8-7-3/h4-5H,1-2H2. The van der Waals surface area contributed by atoms with Gasteiger partial charge in [0.25, 0.3) is 0 Å². The molecule has 0 aromatic heterocycles. The van der Waals surface area contributed by atoms with Crippen LogP contribution in [0.3, 0.4) is 0 Å². The summed E-state index contributed by atoms with van der Waals surface area (Å²) in [7, 11) is 0. The summed E-state index contributed by atoms with van der Waals surface area (Å²) >= 11 is 0. The summed E-state index contributed by atoms with van der Waals surface area (Å²) in [6.45, 7) is 0.118. The average molecular weight is 122 g/mol. The molecule has 0 amide bonds. The normalized spacial score (nSPS) is 27.8. The maximum Gasteiger partial charge on any atom is 0.312 e. The molecule has 1 rings (SSSR count). The molecular weight excluding hydrogens is 116 g/mol. The second-order valence-corrected chi connectivity index (χ2v) is 1.47. The van der Waals surface area contributed by atoms with Crippen LogP contribution in [0, 0.1) is 0 Å². The van der Waals surface area contributed by atoms with Gasteiger partial charge in [-0.05, 0) is 0 Å². The van der Waals surface area contributed by atoms with E-state index in [0.717, 1.165) is 0 Å². The molecular formula is C3H6O5. The minimum Gasteiger partial charge on any atom is -0.341 e. The van der Waals surface area contributed by atoms with Crippen molar-refractivity contribution >= 4 is 0 Å². The zero-order valence-corrected chi connectivity index (χ0v) is 4.03. The summed E-state index contributed by atoms with van der Waals surface area (Å²) in [5.41, 5.74) is 0. The lowest BCUT2D eigenvalue weighted by Crippen LogP contribution is -2.37. The van der Waals surface area contributed by atoms with Crippen molar-refractivity contribution in [2.75, 3.05) is 6.61 Å². The molecule has 1 aliphatic heterocycles. The van der Waals surface area contributed by atoms with Gasteiger partial charge in [-0.25, -0.2) is 4.89 Å². The Hall–Kier alpha value is -0.200. The van der Waals surface area contributed by atoms with E-state index in [9.17, 15) is 0 Å². The van der Waals surface area contributed by atoms with Crippen molar-refractivity contribution in [3.05, 3.63) is 0 Å². The minimum atomic E-state index is -2.17. The summed E-state index contributed by atoms with van der Waals surface area (Å²) in [6.07, 6.45) is -0.00694. The van der Waals surface area contributed by atoms with Crippen molar-refractivity contribution in [3.63, 3.8) is 0 Å². The minimum absolute atomic E-state index is 0.00694. The molecule has 1 aliphatic rings. The van der Waals surface area contributed by atoms with Gasteiger partial charge in [-0.2, -0.15) is 0 Å². The van der Waals surface area contributed by atoms with E-state index >= 15 is 0 Å². The Balaban J connectivity index is 2.33. The van der Waals surface area contributed by atoms with Crippen molar-refractivity contribution in [2.45, 2.75) is 12.4 Å². The molecule has 1 heterocycles. The fourth-order valence-corrected chi connectivity index (χ4v) is 0.329. The first-order valence-corrected chi connectivity index (χ1v) is 2.13. The molecule has 2 N–H and O–H groups in total. The topological polar surface area (TPSA) is 68.2 Å². The molecule has 0 spiro atoms. The smallest absolute Gasteiger partial charge is 0.312 e. The van der Waals surface area contributed by atoms with Gasteiger partial charge in [0.15, 0.2) is 0 Å². The van der Waals surface area contributed by atoms with Crippen molar-refractivity contribution in [2.24, 2.45) is 0 Å². The summed E-state index contributed by atoms with van der Waals surface area (Å²) in [6, 6.07) is 0. The fraction of sp³-hybridized carbons (Fsp3) is 1.00. The van der Waals surface area contributed by atoms with Crippen LogP contribution in [0.4, 0.5) is 0 Å². The monoisotopic (exact) mass is 122 g/mol. The van der Waals surface area contributed by atoms with Crippen molar-refractivity contribution in [3.8, 4) is 0 Å². The Kier molecular flexibility index (Phi) is 1.45. The van der Waals surface area contributed by atoms with E-state index in [-0.39, 0.29) is 13.0 Å². The lowest BCUT2D eigenvalue weighted by Gasteiger charge is -2.22. The Morgan fingerprint density at radius 3 is 2.38 bits per heavy atom. The van der Waals surface area contributed by atoms with Gasteiger partial charge in [0.05, 0.1) is 13.0 Å². The zero-order valence-electron chi connectivity index (χ0n) is 4.03. The maximum atomic E-state index is 8.50. The van der Waals surface area contributed by atoms with Crippen molar-refractivity contribution in [1.82, 2.24) is 0 Å². The van der Waals surface area contributed by atoms with Gasteiger partial charge < -0.3 is 10.2 Å².